The van der Waals surface area contributed by atoms with Crippen molar-refractivity contribution in [2.75, 3.05) is 36.0 Å². The molecule has 2 aliphatic rings. The van der Waals surface area contributed by atoms with Gasteiger partial charge in [-0.05, 0) is 24.3 Å². The van der Waals surface area contributed by atoms with Crippen LogP contribution in [0.3, 0.4) is 0 Å². The lowest BCUT2D eigenvalue weighted by Gasteiger charge is -2.21. The highest BCUT2D eigenvalue weighted by atomic mass is 32.1. The molecule has 116 valence electrons. The van der Waals surface area contributed by atoms with Crippen LogP contribution in [0.2, 0.25) is 0 Å². The molecule has 0 radical (unpaired) electrons. The number of anilines is 2. The average molecular weight is 322 g/mol. The number of aromatic nitrogens is 2. The third kappa shape index (κ3) is 2.27. The fourth-order valence-electron chi connectivity index (χ4n) is 3.87. The maximum atomic E-state index is 4.82. The van der Waals surface area contributed by atoms with Crippen LogP contribution in [-0.4, -0.2) is 36.1 Å². The zero-order valence-electron chi connectivity index (χ0n) is 12.8. The quantitative estimate of drug-likeness (QED) is 0.725. The Morgan fingerprint density at radius 3 is 2.35 bits per heavy atom. The number of hydrogen-bond donors (Lipinski definition) is 0. The SMILES string of the molecule is c1ccc(N2CC3CN(c4nc5ccccc5s4)CC3C2)nc1. The van der Waals surface area contributed by atoms with Gasteiger partial charge in [0, 0.05) is 44.2 Å². The predicted octanol–water partition coefficient (Wildman–Crippen LogP) is 3.26. The number of nitrogens with zero attached hydrogens (tertiary/aromatic N) is 4. The van der Waals surface area contributed by atoms with Gasteiger partial charge in [-0.1, -0.05) is 29.5 Å². The smallest absolute Gasteiger partial charge is 0.186 e. The summed E-state index contributed by atoms with van der Waals surface area (Å²) >= 11 is 1.82. The molecule has 2 aromatic heterocycles. The summed E-state index contributed by atoms with van der Waals surface area (Å²) in [5.41, 5.74) is 1.12. The maximum absolute atomic E-state index is 4.82. The van der Waals surface area contributed by atoms with Crippen LogP contribution in [0.1, 0.15) is 0 Å². The number of pyridine rings is 1. The molecule has 4 nitrogen and oxygen atoms in total. The molecule has 2 saturated heterocycles. The van der Waals surface area contributed by atoms with Crippen LogP contribution >= 0.6 is 11.3 Å². The van der Waals surface area contributed by atoms with Gasteiger partial charge in [0.15, 0.2) is 5.13 Å². The van der Waals surface area contributed by atoms with E-state index in [9.17, 15) is 0 Å². The minimum atomic E-state index is 0.726. The summed E-state index contributed by atoms with van der Waals surface area (Å²) in [5, 5.41) is 1.19. The van der Waals surface area contributed by atoms with E-state index in [1.165, 1.54) is 9.83 Å². The van der Waals surface area contributed by atoms with Crippen LogP contribution in [-0.2, 0) is 0 Å². The number of rotatable bonds is 2. The molecule has 0 spiro atoms. The molecule has 4 heterocycles. The number of hydrogen-bond acceptors (Lipinski definition) is 5. The Balaban J connectivity index is 1.33. The minimum absolute atomic E-state index is 0.726. The summed E-state index contributed by atoms with van der Waals surface area (Å²) in [4.78, 5) is 14.2. The summed E-state index contributed by atoms with van der Waals surface area (Å²) in [5.74, 6) is 2.57. The molecule has 0 N–H and O–H groups in total. The topological polar surface area (TPSA) is 32.3 Å². The number of fused-ring (bicyclic) bond motifs is 2. The second kappa shape index (κ2) is 5.20. The molecule has 2 unspecified atom stereocenters. The lowest BCUT2D eigenvalue weighted by Crippen LogP contribution is -2.29. The van der Waals surface area contributed by atoms with Gasteiger partial charge in [-0.15, -0.1) is 0 Å². The molecule has 1 aromatic carbocycles. The highest BCUT2D eigenvalue weighted by molar-refractivity contribution is 7.22. The van der Waals surface area contributed by atoms with Crippen molar-refractivity contribution in [3.63, 3.8) is 0 Å². The highest BCUT2D eigenvalue weighted by Gasteiger charge is 2.41. The van der Waals surface area contributed by atoms with Crippen molar-refractivity contribution in [2.24, 2.45) is 11.8 Å². The van der Waals surface area contributed by atoms with Gasteiger partial charge in [0.1, 0.15) is 5.82 Å². The molecule has 0 amide bonds. The largest absolute Gasteiger partial charge is 0.356 e. The van der Waals surface area contributed by atoms with Gasteiger partial charge in [0.05, 0.1) is 10.2 Å². The normalized spacial score (nSPS) is 23.7. The van der Waals surface area contributed by atoms with Gasteiger partial charge in [-0.25, -0.2) is 9.97 Å². The Bertz CT molecular complexity index is 784. The van der Waals surface area contributed by atoms with Crippen molar-refractivity contribution >= 4 is 32.5 Å². The Morgan fingerprint density at radius 1 is 0.870 bits per heavy atom. The van der Waals surface area contributed by atoms with Crippen LogP contribution in [0.4, 0.5) is 10.9 Å². The summed E-state index contributed by atoms with van der Waals surface area (Å²) in [6.07, 6.45) is 1.89. The molecule has 0 saturated carbocycles. The van der Waals surface area contributed by atoms with E-state index in [0.717, 1.165) is 49.3 Å². The van der Waals surface area contributed by atoms with Gasteiger partial charge >= 0.3 is 0 Å². The molecule has 5 heteroatoms. The van der Waals surface area contributed by atoms with Gasteiger partial charge in [-0.3, -0.25) is 0 Å². The lowest BCUT2D eigenvalue weighted by atomic mass is 10.0. The van der Waals surface area contributed by atoms with E-state index >= 15 is 0 Å². The fraction of sp³-hybridized carbons (Fsp3) is 0.333. The molecule has 23 heavy (non-hydrogen) atoms. The third-order valence-corrected chi connectivity index (χ3v) is 6.11. The Morgan fingerprint density at radius 2 is 1.61 bits per heavy atom. The first kappa shape index (κ1) is 13.3. The van der Waals surface area contributed by atoms with Gasteiger partial charge < -0.3 is 9.80 Å². The van der Waals surface area contributed by atoms with Crippen molar-refractivity contribution in [3.05, 3.63) is 48.7 Å². The second-order valence-electron chi connectivity index (χ2n) is 6.48. The molecule has 2 aliphatic heterocycles. The van der Waals surface area contributed by atoms with E-state index in [0.29, 0.717) is 0 Å². The van der Waals surface area contributed by atoms with Crippen LogP contribution < -0.4 is 9.80 Å². The van der Waals surface area contributed by atoms with Crippen molar-refractivity contribution in [1.82, 2.24) is 9.97 Å². The third-order valence-electron chi connectivity index (χ3n) is 5.01. The van der Waals surface area contributed by atoms with Crippen molar-refractivity contribution in [3.8, 4) is 0 Å². The minimum Gasteiger partial charge on any atom is -0.356 e. The van der Waals surface area contributed by atoms with Crippen LogP contribution in [0.15, 0.2) is 48.7 Å². The zero-order chi connectivity index (χ0) is 15.2. The Hall–Kier alpha value is -2.14. The first-order chi connectivity index (χ1) is 11.4. The molecule has 3 aromatic rings. The first-order valence-electron chi connectivity index (χ1n) is 8.13. The van der Waals surface area contributed by atoms with Crippen molar-refractivity contribution in [2.45, 2.75) is 0 Å². The number of benzene rings is 1. The molecule has 2 atom stereocenters. The predicted molar refractivity (Wildman–Crippen MR) is 95.3 cm³/mol. The van der Waals surface area contributed by atoms with E-state index in [4.69, 9.17) is 4.98 Å². The Kier molecular flexibility index (Phi) is 3.01. The van der Waals surface area contributed by atoms with Crippen LogP contribution in [0.25, 0.3) is 10.2 Å². The van der Waals surface area contributed by atoms with Gasteiger partial charge in [0.2, 0.25) is 0 Å². The van der Waals surface area contributed by atoms with E-state index in [2.05, 4.69) is 51.2 Å². The summed E-state index contributed by atoms with van der Waals surface area (Å²) in [6.45, 7) is 4.47. The average Bonchev–Trinajstić information content (AvgIpc) is 3.27. The monoisotopic (exact) mass is 322 g/mol. The van der Waals surface area contributed by atoms with Crippen LogP contribution in [0, 0.1) is 11.8 Å². The molecule has 0 aliphatic carbocycles. The zero-order valence-corrected chi connectivity index (χ0v) is 13.6. The Labute approximate surface area is 139 Å². The molecular formula is C18H18N4S. The van der Waals surface area contributed by atoms with Crippen LogP contribution in [0.5, 0.6) is 0 Å². The van der Waals surface area contributed by atoms with E-state index < -0.39 is 0 Å². The lowest BCUT2D eigenvalue weighted by molar-refractivity contribution is 0.533. The van der Waals surface area contributed by atoms with E-state index in [1.54, 1.807) is 0 Å². The summed E-state index contributed by atoms with van der Waals surface area (Å²) in [7, 11) is 0. The summed E-state index contributed by atoms with van der Waals surface area (Å²) in [6, 6.07) is 14.6. The number of para-hydroxylation sites is 1. The summed E-state index contributed by atoms with van der Waals surface area (Å²) < 4.78 is 1.29. The molecule has 2 fully saturated rings. The fourth-order valence-corrected chi connectivity index (χ4v) is 4.86. The van der Waals surface area contributed by atoms with Gasteiger partial charge in [-0.2, -0.15) is 0 Å². The first-order valence-corrected chi connectivity index (χ1v) is 8.95. The molecular weight excluding hydrogens is 304 g/mol. The molecule has 5 rings (SSSR count). The number of thiazole rings is 1. The van der Waals surface area contributed by atoms with E-state index in [-0.39, 0.29) is 0 Å². The second-order valence-corrected chi connectivity index (χ2v) is 7.49. The van der Waals surface area contributed by atoms with Crippen molar-refractivity contribution in [1.29, 1.82) is 0 Å². The van der Waals surface area contributed by atoms with Crippen molar-refractivity contribution < 1.29 is 0 Å². The van der Waals surface area contributed by atoms with E-state index in [1.807, 2.05) is 23.6 Å². The highest BCUT2D eigenvalue weighted by Crippen LogP contribution is 2.38. The van der Waals surface area contributed by atoms with Gasteiger partial charge in [0.25, 0.3) is 0 Å². The standard InChI is InChI=1S/C18H18N4S/c1-2-6-16-15(5-1)20-18(23-16)22-11-13-9-21(10-14(13)12-22)17-7-3-4-8-19-17/h1-8,13-14H,9-12H2. The molecule has 0 bridgehead atoms. The maximum Gasteiger partial charge on any atom is 0.186 e.